The van der Waals surface area contributed by atoms with Crippen molar-refractivity contribution in [1.29, 1.82) is 0 Å². The van der Waals surface area contributed by atoms with Gasteiger partial charge in [0.2, 0.25) is 0 Å². The Morgan fingerprint density at radius 2 is 2.00 bits per heavy atom. The number of hydrogen-bond acceptors (Lipinski definition) is 4. The molecule has 2 aromatic heterocycles. The molecule has 1 aliphatic carbocycles. The lowest BCUT2D eigenvalue weighted by Crippen LogP contribution is -2.22. The largest absolute Gasteiger partial charge is 0.294 e. The third-order valence-corrected chi connectivity index (χ3v) is 4.55. The second kappa shape index (κ2) is 5.26. The molecule has 3 aromatic rings. The summed E-state index contributed by atoms with van der Waals surface area (Å²) in [6.45, 7) is 4.09. The van der Waals surface area contributed by atoms with Crippen molar-refractivity contribution in [3.8, 4) is 0 Å². The molecule has 1 aliphatic rings. The van der Waals surface area contributed by atoms with E-state index < -0.39 is 0 Å². The lowest BCUT2D eigenvalue weighted by Gasteiger charge is -2.24. The van der Waals surface area contributed by atoms with Crippen LogP contribution in [0.15, 0.2) is 30.5 Å². The first-order chi connectivity index (χ1) is 11.2. The van der Waals surface area contributed by atoms with Crippen LogP contribution < -0.4 is 0 Å². The Kier molecular flexibility index (Phi) is 3.22. The summed E-state index contributed by atoms with van der Waals surface area (Å²) in [6.07, 6.45) is 3.73. The Hall–Kier alpha value is -2.56. The van der Waals surface area contributed by atoms with E-state index in [1.54, 1.807) is 10.7 Å². The molecule has 0 fully saturated rings. The zero-order valence-electron chi connectivity index (χ0n) is 13.3. The van der Waals surface area contributed by atoms with Crippen LogP contribution in [-0.4, -0.2) is 25.4 Å². The predicted molar refractivity (Wildman–Crippen MR) is 86.7 cm³/mol. The van der Waals surface area contributed by atoms with Gasteiger partial charge < -0.3 is 0 Å². The highest BCUT2D eigenvalue weighted by Crippen LogP contribution is 2.32. The van der Waals surface area contributed by atoms with Crippen LogP contribution in [0, 0.1) is 6.92 Å². The van der Waals surface area contributed by atoms with Gasteiger partial charge in [0.15, 0.2) is 11.6 Å². The van der Waals surface area contributed by atoms with E-state index in [0.29, 0.717) is 17.8 Å². The highest BCUT2D eigenvalue weighted by molar-refractivity contribution is 5.98. The maximum atomic E-state index is 12.6. The second-order valence-corrected chi connectivity index (χ2v) is 6.15. The zero-order valence-corrected chi connectivity index (χ0v) is 13.3. The number of carbonyl (C=O) groups is 1. The van der Waals surface area contributed by atoms with Gasteiger partial charge in [0.25, 0.3) is 5.78 Å². The number of aryl methyl sites for hydroxylation is 2. The van der Waals surface area contributed by atoms with Gasteiger partial charge in [-0.25, -0.2) is 9.50 Å². The molecule has 5 heteroatoms. The first kappa shape index (κ1) is 14.1. The Balaban J connectivity index is 1.81. The highest BCUT2D eigenvalue weighted by atomic mass is 16.1. The third-order valence-electron chi connectivity index (χ3n) is 4.55. The normalized spacial score (nSPS) is 17.5. The molecule has 1 unspecified atom stereocenters. The smallest absolute Gasteiger partial charge is 0.252 e. The number of nitrogens with zero attached hydrogens (tertiary/aromatic N) is 4. The van der Waals surface area contributed by atoms with Gasteiger partial charge in [-0.05, 0) is 24.8 Å². The van der Waals surface area contributed by atoms with Crippen molar-refractivity contribution in [1.82, 2.24) is 19.6 Å². The molecular weight excluding hydrogens is 288 g/mol. The molecule has 0 aliphatic heterocycles. The molecule has 1 aromatic carbocycles. The van der Waals surface area contributed by atoms with Crippen LogP contribution in [0.5, 0.6) is 0 Å². The number of Topliss-reactive ketones (excluding diaryl/α,β-unsaturated/α-hetero) is 1. The number of carbonyl (C=O) groups excluding carboxylic acids is 1. The molecule has 0 saturated heterocycles. The van der Waals surface area contributed by atoms with E-state index in [2.05, 4.69) is 46.3 Å². The fraction of sp³-hybridized carbons (Fsp3) is 0.333. The molecule has 5 nitrogen and oxygen atoms in total. The minimum atomic E-state index is 0.139. The molecule has 4 rings (SSSR count). The van der Waals surface area contributed by atoms with Crippen LogP contribution in [0.4, 0.5) is 0 Å². The van der Waals surface area contributed by atoms with E-state index in [1.807, 2.05) is 6.92 Å². The van der Waals surface area contributed by atoms with Crippen LogP contribution in [0.1, 0.15) is 52.3 Å². The molecule has 0 spiro atoms. The quantitative estimate of drug-likeness (QED) is 0.730. The first-order valence-electron chi connectivity index (χ1n) is 7.99. The van der Waals surface area contributed by atoms with E-state index in [4.69, 9.17) is 0 Å². The molecule has 0 radical (unpaired) electrons. The maximum Gasteiger partial charge on any atom is 0.252 e. The van der Waals surface area contributed by atoms with Crippen LogP contribution in [0.25, 0.3) is 5.78 Å². The summed E-state index contributed by atoms with van der Waals surface area (Å²) in [5.41, 5.74) is 4.06. The number of fused-ring (bicyclic) bond motifs is 3. The van der Waals surface area contributed by atoms with E-state index in [-0.39, 0.29) is 11.7 Å². The van der Waals surface area contributed by atoms with Crippen molar-refractivity contribution < 1.29 is 4.79 Å². The number of ketones is 1. The van der Waals surface area contributed by atoms with Gasteiger partial charge in [0, 0.05) is 19.0 Å². The van der Waals surface area contributed by atoms with Crippen molar-refractivity contribution in [2.45, 2.75) is 39.0 Å². The summed E-state index contributed by atoms with van der Waals surface area (Å²) in [6, 6.07) is 8.44. The monoisotopic (exact) mass is 306 g/mol. The summed E-state index contributed by atoms with van der Waals surface area (Å²) in [5, 5.41) is 4.51. The predicted octanol–water partition coefficient (Wildman–Crippen LogP) is 2.91. The lowest BCUT2D eigenvalue weighted by atomic mass is 9.82. The molecule has 23 heavy (non-hydrogen) atoms. The summed E-state index contributed by atoms with van der Waals surface area (Å²) < 4.78 is 1.76. The molecule has 116 valence electrons. The Bertz CT molecular complexity index is 895. The zero-order chi connectivity index (χ0) is 16.0. The fourth-order valence-electron chi connectivity index (χ4n) is 3.21. The molecule has 0 bridgehead atoms. The summed E-state index contributed by atoms with van der Waals surface area (Å²) >= 11 is 0. The average molecular weight is 306 g/mol. The van der Waals surface area contributed by atoms with Crippen LogP contribution in [0.2, 0.25) is 0 Å². The van der Waals surface area contributed by atoms with Crippen LogP contribution in [-0.2, 0) is 12.8 Å². The second-order valence-electron chi connectivity index (χ2n) is 6.15. The average Bonchev–Trinajstić information content (AvgIpc) is 2.99. The topological polar surface area (TPSA) is 60.1 Å². The van der Waals surface area contributed by atoms with E-state index in [0.717, 1.165) is 24.4 Å². The molecule has 1 atom stereocenters. The molecular formula is C18H18N4O. The van der Waals surface area contributed by atoms with Crippen molar-refractivity contribution in [3.63, 3.8) is 0 Å². The lowest BCUT2D eigenvalue weighted by molar-refractivity contribution is 0.0962. The van der Waals surface area contributed by atoms with E-state index >= 15 is 0 Å². The van der Waals surface area contributed by atoms with E-state index in [9.17, 15) is 4.79 Å². The number of benzene rings is 1. The van der Waals surface area contributed by atoms with Crippen LogP contribution >= 0.6 is 0 Å². The maximum absolute atomic E-state index is 12.6. The van der Waals surface area contributed by atoms with Gasteiger partial charge in [-0.2, -0.15) is 4.98 Å². The minimum absolute atomic E-state index is 0.139. The SMILES string of the molecule is CCc1nc2ncc3c(n2n1)CC(c1ccc(C)cc1)CC3=O. The molecule has 0 saturated carbocycles. The van der Waals surface area contributed by atoms with Gasteiger partial charge in [-0.15, -0.1) is 5.10 Å². The van der Waals surface area contributed by atoms with Gasteiger partial charge in [-0.3, -0.25) is 4.79 Å². The van der Waals surface area contributed by atoms with Gasteiger partial charge in [0.05, 0.1) is 11.3 Å². The van der Waals surface area contributed by atoms with Gasteiger partial charge in [-0.1, -0.05) is 36.8 Å². The van der Waals surface area contributed by atoms with E-state index in [1.165, 1.54) is 11.1 Å². The number of hydrogen-bond donors (Lipinski definition) is 0. The van der Waals surface area contributed by atoms with Crippen molar-refractivity contribution in [2.75, 3.05) is 0 Å². The van der Waals surface area contributed by atoms with Crippen molar-refractivity contribution in [2.24, 2.45) is 0 Å². The summed E-state index contributed by atoms with van der Waals surface area (Å²) in [7, 11) is 0. The first-order valence-corrected chi connectivity index (χ1v) is 7.99. The fourth-order valence-corrected chi connectivity index (χ4v) is 3.21. The molecule has 0 N–H and O–H groups in total. The Morgan fingerprint density at radius 1 is 1.22 bits per heavy atom. The Labute approximate surface area is 134 Å². The standard InChI is InChI=1S/C18H18N4O/c1-3-17-20-18-19-10-14-15(22(18)21-17)8-13(9-16(14)23)12-6-4-11(2)5-7-12/h4-7,10,13H,3,8-9H2,1-2H3. The molecule has 2 heterocycles. The summed E-state index contributed by atoms with van der Waals surface area (Å²) in [4.78, 5) is 21.2. The highest BCUT2D eigenvalue weighted by Gasteiger charge is 2.29. The molecule has 0 amide bonds. The van der Waals surface area contributed by atoms with Crippen molar-refractivity contribution in [3.05, 3.63) is 58.7 Å². The minimum Gasteiger partial charge on any atom is -0.294 e. The Morgan fingerprint density at radius 3 is 2.74 bits per heavy atom. The third kappa shape index (κ3) is 2.32. The number of rotatable bonds is 2. The van der Waals surface area contributed by atoms with Gasteiger partial charge in [0.1, 0.15) is 0 Å². The van der Waals surface area contributed by atoms with Crippen LogP contribution in [0.3, 0.4) is 0 Å². The van der Waals surface area contributed by atoms with Gasteiger partial charge >= 0.3 is 0 Å². The van der Waals surface area contributed by atoms with Crippen molar-refractivity contribution >= 4 is 11.6 Å². The number of aromatic nitrogens is 4. The summed E-state index contributed by atoms with van der Waals surface area (Å²) in [5.74, 6) is 1.67.